The number of ether oxygens (including phenoxy) is 1. The van der Waals surface area contributed by atoms with Crippen LogP contribution in [0.3, 0.4) is 0 Å². The van der Waals surface area contributed by atoms with Crippen LogP contribution in [0.2, 0.25) is 0 Å². The monoisotopic (exact) mass is 262 g/mol. The van der Waals surface area contributed by atoms with Crippen molar-refractivity contribution < 1.29 is 13.5 Å². The quantitative estimate of drug-likeness (QED) is 0.740. The lowest BCUT2D eigenvalue weighted by atomic mass is 9.96. The van der Waals surface area contributed by atoms with E-state index in [1.807, 2.05) is 0 Å². The molecule has 14 heavy (non-hydrogen) atoms. The Bertz CT molecular complexity index is 327. The van der Waals surface area contributed by atoms with Crippen molar-refractivity contribution in [2.45, 2.75) is 25.4 Å². The molecule has 0 unspecified atom stereocenters. The van der Waals surface area contributed by atoms with Gasteiger partial charge in [-0.15, -0.1) is 0 Å². The van der Waals surface area contributed by atoms with Crippen LogP contribution < -0.4 is 4.74 Å². The van der Waals surface area contributed by atoms with Gasteiger partial charge in [0, 0.05) is 6.07 Å². The molecule has 0 amide bonds. The number of benzene rings is 1. The van der Waals surface area contributed by atoms with E-state index in [1.54, 1.807) is 0 Å². The molecule has 1 aromatic carbocycles. The molecule has 0 aliphatic heterocycles. The van der Waals surface area contributed by atoms with Crippen LogP contribution >= 0.6 is 15.9 Å². The van der Waals surface area contributed by atoms with Crippen molar-refractivity contribution in [2.24, 2.45) is 0 Å². The second-order valence-electron chi connectivity index (χ2n) is 3.37. The molecule has 4 heteroatoms. The summed E-state index contributed by atoms with van der Waals surface area (Å²) in [6.45, 7) is 0. The van der Waals surface area contributed by atoms with E-state index in [2.05, 4.69) is 15.9 Å². The van der Waals surface area contributed by atoms with Crippen LogP contribution in [0.4, 0.5) is 8.78 Å². The minimum Gasteiger partial charge on any atom is -0.490 e. The highest BCUT2D eigenvalue weighted by Crippen LogP contribution is 2.29. The Labute approximate surface area is 89.2 Å². The normalized spacial score (nSPS) is 16.5. The van der Waals surface area contributed by atoms with Crippen molar-refractivity contribution in [3.63, 3.8) is 0 Å². The fraction of sp³-hybridized carbons (Fsp3) is 0.400. The highest BCUT2D eigenvalue weighted by molar-refractivity contribution is 9.10. The molecule has 1 aliphatic rings. The van der Waals surface area contributed by atoms with Crippen LogP contribution in [0, 0.1) is 11.6 Å². The second kappa shape index (κ2) is 3.85. The van der Waals surface area contributed by atoms with Crippen LogP contribution in [0.1, 0.15) is 19.3 Å². The number of hydrogen-bond donors (Lipinski definition) is 0. The minimum absolute atomic E-state index is 0.104. The zero-order valence-electron chi connectivity index (χ0n) is 7.40. The highest BCUT2D eigenvalue weighted by atomic mass is 79.9. The predicted molar refractivity (Wildman–Crippen MR) is 52.3 cm³/mol. The van der Waals surface area contributed by atoms with Gasteiger partial charge in [-0.2, -0.15) is 0 Å². The van der Waals surface area contributed by atoms with Gasteiger partial charge in [-0.1, -0.05) is 0 Å². The molecule has 0 spiro atoms. The summed E-state index contributed by atoms with van der Waals surface area (Å²) >= 11 is 2.93. The molecule has 2 rings (SSSR count). The Balaban J connectivity index is 2.17. The van der Waals surface area contributed by atoms with Crippen molar-refractivity contribution >= 4 is 15.9 Å². The molecule has 0 saturated heterocycles. The Morgan fingerprint density at radius 2 is 2.00 bits per heavy atom. The first kappa shape index (κ1) is 9.90. The van der Waals surface area contributed by atoms with Gasteiger partial charge in [-0.05, 0) is 41.3 Å². The summed E-state index contributed by atoms with van der Waals surface area (Å²) in [5.41, 5.74) is 0. The van der Waals surface area contributed by atoms with Gasteiger partial charge >= 0.3 is 0 Å². The van der Waals surface area contributed by atoms with Crippen LogP contribution in [-0.2, 0) is 0 Å². The van der Waals surface area contributed by atoms with E-state index in [9.17, 15) is 8.78 Å². The van der Waals surface area contributed by atoms with Gasteiger partial charge in [0.15, 0.2) is 11.6 Å². The van der Waals surface area contributed by atoms with E-state index in [4.69, 9.17) is 4.74 Å². The van der Waals surface area contributed by atoms with Gasteiger partial charge in [0.2, 0.25) is 0 Å². The molecular formula is C10H9BrF2O. The van der Waals surface area contributed by atoms with Gasteiger partial charge < -0.3 is 4.74 Å². The first-order chi connectivity index (χ1) is 6.66. The lowest BCUT2D eigenvalue weighted by molar-refractivity contribution is 0.119. The van der Waals surface area contributed by atoms with Gasteiger partial charge in [0.05, 0.1) is 10.6 Å². The van der Waals surface area contributed by atoms with E-state index in [0.29, 0.717) is 5.75 Å². The fourth-order valence-corrected chi connectivity index (χ4v) is 1.70. The van der Waals surface area contributed by atoms with Gasteiger partial charge in [0.25, 0.3) is 0 Å². The summed E-state index contributed by atoms with van der Waals surface area (Å²) in [6.07, 6.45) is 3.31. The van der Waals surface area contributed by atoms with Crippen molar-refractivity contribution in [2.75, 3.05) is 0 Å². The molecule has 76 valence electrons. The summed E-state index contributed by atoms with van der Waals surface area (Å²) in [5.74, 6) is -1.36. The zero-order valence-corrected chi connectivity index (χ0v) is 8.98. The van der Waals surface area contributed by atoms with Gasteiger partial charge in [0.1, 0.15) is 5.75 Å². The summed E-state index contributed by atoms with van der Waals surface area (Å²) in [6, 6.07) is 2.54. The first-order valence-corrected chi connectivity index (χ1v) is 5.27. The van der Waals surface area contributed by atoms with Crippen molar-refractivity contribution in [3.8, 4) is 5.75 Å². The molecule has 0 heterocycles. The molecule has 0 radical (unpaired) electrons. The SMILES string of the molecule is Fc1cc(OC2CCC2)cc(Br)c1F. The van der Waals surface area contributed by atoms with Crippen LogP contribution in [-0.4, -0.2) is 6.10 Å². The van der Waals surface area contributed by atoms with Crippen molar-refractivity contribution in [1.82, 2.24) is 0 Å². The van der Waals surface area contributed by atoms with E-state index in [1.165, 1.54) is 6.07 Å². The molecular weight excluding hydrogens is 254 g/mol. The van der Waals surface area contributed by atoms with Crippen LogP contribution in [0.5, 0.6) is 5.75 Å². The molecule has 0 atom stereocenters. The minimum atomic E-state index is -0.881. The van der Waals surface area contributed by atoms with E-state index in [0.717, 1.165) is 25.3 Å². The standard InChI is InChI=1S/C10H9BrF2O/c11-8-4-7(5-9(12)10(8)13)14-6-2-1-3-6/h4-6H,1-3H2. The Morgan fingerprint density at radius 3 is 2.50 bits per heavy atom. The fourth-order valence-electron chi connectivity index (χ4n) is 1.28. The Hall–Kier alpha value is -0.640. The molecule has 1 aromatic rings. The van der Waals surface area contributed by atoms with E-state index >= 15 is 0 Å². The lowest BCUT2D eigenvalue weighted by Crippen LogP contribution is -2.24. The van der Waals surface area contributed by atoms with E-state index in [-0.39, 0.29) is 10.6 Å². The topological polar surface area (TPSA) is 9.23 Å². The average molecular weight is 263 g/mol. The third-order valence-electron chi connectivity index (χ3n) is 2.31. The average Bonchev–Trinajstić information content (AvgIpc) is 2.07. The largest absolute Gasteiger partial charge is 0.490 e. The maximum atomic E-state index is 12.9. The number of halogens is 3. The van der Waals surface area contributed by atoms with E-state index < -0.39 is 11.6 Å². The molecule has 1 nitrogen and oxygen atoms in total. The summed E-state index contributed by atoms with van der Waals surface area (Å²) in [7, 11) is 0. The lowest BCUT2D eigenvalue weighted by Gasteiger charge is -2.26. The van der Waals surface area contributed by atoms with Gasteiger partial charge in [-0.25, -0.2) is 8.78 Å². The van der Waals surface area contributed by atoms with Crippen LogP contribution in [0.15, 0.2) is 16.6 Å². The first-order valence-electron chi connectivity index (χ1n) is 4.48. The maximum absolute atomic E-state index is 12.9. The summed E-state index contributed by atoms with van der Waals surface area (Å²) < 4.78 is 31.3. The molecule has 0 aromatic heterocycles. The zero-order chi connectivity index (χ0) is 10.1. The van der Waals surface area contributed by atoms with Gasteiger partial charge in [-0.3, -0.25) is 0 Å². The Kier molecular flexibility index (Phi) is 2.72. The molecule has 0 N–H and O–H groups in total. The number of rotatable bonds is 2. The third-order valence-corrected chi connectivity index (χ3v) is 2.89. The van der Waals surface area contributed by atoms with Crippen molar-refractivity contribution in [3.05, 3.63) is 28.2 Å². The van der Waals surface area contributed by atoms with Crippen molar-refractivity contribution in [1.29, 1.82) is 0 Å². The van der Waals surface area contributed by atoms with Crippen LogP contribution in [0.25, 0.3) is 0 Å². The Morgan fingerprint density at radius 1 is 1.29 bits per heavy atom. The second-order valence-corrected chi connectivity index (χ2v) is 4.23. The number of hydrogen-bond acceptors (Lipinski definition) is 1. The summed E-state index contributed by atoms with van der Waals surface area (Å²) in [5, 5.41) is 0. The third kappa shape index (κ3) is 1.90. The highest BCUT2D eigenvalue weighted by Gasteiger charge is 2.20. The summed E-state index contributed by atoms with van der Waals surface area (Å²) in [4.78, 5) is 0. The smallest absolute Gasteiger partial charge is 0.173 e. The molecule has 1 aliphatic carbocycles. The molecule has 1 fully saturated rings. The maximum Gasteiger partial charge on any atom is 0.173 e. The molecule has 0 bridgehead atoms. The molecule has 1 saturated carbocycles. The predicted octanol–water partition coefficient (Wildman–Crippen LogP) is 3.66.